The summed E-state index contributed by atoms with van der Waals surface area (Å²) >= 11 is 0. The Kier molecular flexibility index (Phi) is 7.53. The highest BCUT2D eigenvalue weighted by Crippen LogP contribution is 1.84. The molecule has 0 aromatic heterocycles. The maximum Gasteiger partial charge on any atom is 0.149 e. The van der Waals surface area contributed by atoms with Crippen molar-refractivity contribution >= 4 is 19.7 Å². The standard InChI is InChI=1S/C4H10O2S.C3H8O2S/c1-3-7(5,6)4-2;1-3-6(2,4)5/h3-4H2,1-2H3;3H2,1-2H3. The van der Waals surface area contributed by atoms with Crippen molar-refractivity contribution in [2.24, 2.45) is 0 Å². The predicted molar refractivity (Wildman–Crippen MR) is 55.4 cm³/mol. The van der Waals surface area contributed by atoms with Crippen molar-refractivity contribution in [2.75, 3.05) is 23.5 Å². The molecule has 0 N–H and O–H groups in total. The lowest BCUT2D eigenvalue weighted by molar-refractivity contribution is 0.598. The van der Waals surface area contributed by atoms with Gasteiger partial charge in [-0.05, 0) is 0 Å². The van der Waals surface area contributed by atoms with Gasteiger partial charge in [0.15, 0.2) is 0 Å². The molecular weight excluding hydrogens is 212 g/mol. The van der Waals surface area contributed by atoms with Crippen LogP contribution in [0.1, 0.15) is 20.8 Å². The number of hydrogen-bond acceptors (Lipinski definition) is 4. The van der Waals surface area contributed by atoms with Gasteiger partial charge in [-0.3, -0.25) is 0 Å². The fourth-order valence-electron chi connectivity index (χ4n) is 0.204. The topological polar surface area (TPSA) is 68.3 Å². The van der Waals surface area contributed by atoms with E-state index in [-0.39, 0.29) is 17.3 Å². The summed E-state index contributed by atoms with van der Waals surface area (Å²) in [6.07, 6.45) is 1.22. The molecular formula is C7H18O4S2. The van der Waals surface area contributed by atoms with E-state index in [2.05, 4.69) is 0 Å². The summed E-state index contributed by atoms with van der Waals surface area (Å²) < 4.78 is 40.7. The Hall–Kier alpha value is -0.100. The second-order valence-corrected chi connectivity index (χ2v) is 7.61. The number of sulfone groups is 2. The highest BCUT2D eigenvalue weighted by Gasteiger charge is 1.99. The highest BCUT2D eigenvalue weighted by atomic mass is 32.2. The van der Waals surface area contributed by atoms with E-state index in [4.69, 9.17) is 0 Å². The van der Waals surface area contributed by atoms with Crippen LogP contribution in [0.4, 0.5) is 0 Å². The molecule has 0 aromatic carbocycles. The van der Waals surface area contributed by atoms with Gasteiger partial charge in [-0.25, -0.2) is 16.8 Å². The third-order valence-electron chi connectivity index (χ3n) is 1.40. The average Bonchev–Trinajstić information content (AvgIpc) is 2.04. The summed E-state index contributed by atoms with van der Waals surface area (Å²) in [5, 5.41) is 0. The maximum absolute atomic E-state index is 10.4. The minimum Gasteiger partial charge on any atom is -0.229 e. The third-order valence-corrected chi connectivity index (χ3v) is 4.21. The van der Waals surface area contributed by atoms with Gasteiger partial charge in [-0.2, -0.15) is 0 Å². The van der Waals surface area contributed by atoms with E-state index in [1.54, 1.807) is 20.8 Å². The van der Waals surface area contributed by atoms with Gasteiger partial charge < -0.3 is 0 Å². The molecule has 0 aliphatic rings. The molecule has 0 saturated carbocycles. The van der Waals surface area contributed by atoms with Crippen molar-refractivity contribution < 1.29 is 16.8 Å². The zero-order valence-electron chi connectivity index (χ0n) is 8.57. The lowest BCUT2D eigenvalue weighted by Gasteiger charge is -1.89. The Labute approximate surface area is 81.2 Å². The molecule has 0 bridgehead atoms. The zero-order chi connectivity index (χ0) is 11.1. The van der Waals surface area contributed by atoms with E-state index in [0.717, 1.165) is 0 Å². The molecule has 4 nitrogen and oxygen atoms in total. The summed E-state index contributed by atoms with van der Waals surface area (Å²) in [7, 11) is -5.32. The van der Waals surface area contributed by atoms with Gasteiger partial charge in [-0.1, -0.05) is 20.8 Å². The van der Waals surface area contributed by atoms with Crippen molar-refractivity contribution in [3.8, 4) is 0 Å². The Bertz CT molecular complexity index is 289. The van der Waals surface area contributed by atoms with Crippen molar-refractivity contribution in [1.29, 1.82) is 0 Å². The molecule has 0 atom stereocenters. The van der Waals surface area contributed by atoms with Gasteiger partial charge in [-0.15, -0.1) is 0 Å². The number of hydrogen-bond donors (Lipinski definition) is 0. The van der Waals surface area contributed by atoms with Crippen LogP contribution >= 0.6 is 0 Å². The van der Waals surface area contributed by atoms with Crippen LogP contribution in [0.3, 0.4) is 0 Å². The van der Waals surface area contributed by atoms with Crippen LogP contribution in [0.5, 0.6) is 0 Å². The number of rotatable bonds is 3. The van der Waals surface area contributed by atoms with Crippen LogP contribution in [0.15, 0.2) is 0 Å². The lowest BCUT2D eigenvalue weighted by atomic mass is 11.0. The molecule has 0 aromatic rings. The smallest absolute Gasteiger partial charge is 0.149 e. The molecule has 0 aliphatic carbocycles. The Morgan fingerprint density at radius 1 is 0.769 bits per heavy atom. The maximum atomic E-state index is 10.4. The summed E-state index contributed by atoms with van der Waals surface area (Å²) in [5.41, 5.74) is 0. The minimum atomic E-state index is -2.66. The van der Waals surface area contributed by atoms with Gasteiger partial charge in [0, 0.05) is 23.5 Å². The van der Waals surface area contributed by atoms with Crippen LogP contribution in [0.25, 0.3) is 0 Å². The second-order valence-electron chi connectivity index (χ2n) is 2.54. The van der Waals surface area contributed by atoms with Crippen molar-refractivity contribution in [2.45, 2.75) is 20.8 Å². The van der Waals surface area contributed by atoms with Crippen LogP contribution in [0.2, 0.25) is 0 Å². The van der Waals surface area contributed by atoms with E-state index < -0.39 is 19.7 Å². The monoisotopic (exact) mass is 230 g/mol. The summed E-state index contributed by atoms with van der Waals surface area (Å²) in [6.45, 7) is 4.92. The van der Waals surface area contributed by atoms with Gasteiger partial charge in [0.2, 0.25) is 0 Å². The first-order chi connectivity index (χ1) is 5.68. The average molecular weight is 230 g/mol. The lowest BCUT2D eigenvalue weighted by Crippen LogP contribution is -2.04. The quantitative estimate of drug-likeness (QED) is 0.707. The summed E-state index contributed by atoms with van der Waals surface area (Å²) in [5.74, 6) is 0.778. The minimum absolute atomic E-state index is 0.243. The first-order valence-corrected chi connectivity index (χ1v) is 7.94. The van der Waals surface area contributed by atoms with E-state index in [1.807, 2.05) is 0 Å². The van der Waals surface area contributed by atoms with E-state index in [1.165, 1.54) is 6.26 Å². The van der Waals surface area contributed by atoms with Crippen molar-refractivity contribution in [3.05, 3.63) is 0 Å². The van der Waals surface area contributed by atoms with Crippen molar-refractivity contribution in [1.82, 2.24) is 0 Å². The van der Waals surface area contributed by atoms with Crippen LogP contribution < -0.4 is 0 Å². The molecule has 0 radical (unpaired) electrons. The summed E-state index contributed by atoms with van der Waals surface area (Å²) in [4.78, 5) is 0. The van der Waals surface area contributed by atoms with Gasteiger partial charge >= 0.3 is 0 Å². The molecule has 82 valence electrons. The van der Waals surface area contributed by atoms with Crippen molar-refractivity contribution in [3.63, 3.8) is 0 Å². The van der Waals surface area contributed by atoms with Gasteiger partial charge in [0.05, 0.1) is 0 Å². The molecule has 0 aliphatic heterocycles. The molecule has 0 unspecified atom stereocenters. The molecule has 0 spiro atoms. The molecule has 0 fully saturated rings. The zero-order valence-corrected chi connectivity index (χ0v) is 10.2. The van der Waals surface area contributed by atoms with E-state index >= 15 is 0 Å². The summed E-state index contributed by atoms with van der Waals surface area (Å²) in [6, 6.07) is 0. The van der Waals surface area contributed by atoms with E-state index in [9.17, 15) is 16.8 Å². The predicted octanol–water partition coefficient (Wildman–Crippen LogP) is 0.492. The fraction of sp³-hybridized carbons (Fsp3) is 1.00. The van der Waals surface area contributed by atoms with Crippen LogP contribution in [-0.2, 0) is 19.7 Å². The molecule has 6 heteroatoms. The Balaban J connectivity index is 0. The molecule has 0 rings (SSSR count). The van der Waals surface area contributed by atoms with E-state index in [0.29, 0.717) is 0 Å². The van der Waals surface area contributed by atoms with Gasteiger partial charge in [0.25, 0.3) is 0 Å². The van der Waals surface area contributed by atoms with Crippen LogP contribution in [-0.4, -0.2) is 40.3 Å². The van der Waals surface area contributed by atoms with Gasteiger partial charge in [0.1, 0.15) is 19.7 Å². The first-order valence-electron chi connectivity index (χ1n) is 4.06. The molecule has 13 heavy (non-hydrogen) atoms. The molecule has 0 saturated heterocycles. The largest absolute Gasteiger partial charge is 0.229 e. The molecule has 0 heterocycles. The highest BCUT2D eigenvalue weighted by molar-refractivity contribution is 7.91. The SMILES string of the molecule is CCS(=O)(=O)CC.CCS(C)(=O)=O. The Morgan fingerprint density at radius 3 is 1.00 bits per heavy atom. The Morgan fingerprint density at radius 2 is 1.00 bits per heavy atom. The second kappa shape index (κ2) is 6.37. The normalized spacial score (nSPS) is 11.7. The fourth-order valence-corrected chi connectivity index (χ4v) is 0.612. The third kappa shape index (κ3) is 14.7. The van der Waals surface area contributed by atoms with Crippen LogP contribution in [0, 0.1) is 0 Å². The first kappa shape index (κ1) is 15.4. The molecule has 0 amide bonds.